The Morgan fingerprint density at radius 3 is 2.82 bits per heavy atom. The molecule has 39 heavy (non-hydrogen) atoms. The predicted molar refractivity (Wildman–Crippen MR) is 147 cm³/mol. The fourth-order valence-electron chi connectivity index (χ4n) is 4.41. The molecule has 1 amide bonds. The minimum Gasteiger partial charge on any atom is -0.469 e. The first-order valence-electron chi connectivity index (χ1n) is 12.9. The number of likely N-dealkylation sites (N-methyl/N-ethyl adjacent to an activating group) is 1. The second kappa shape index (κ2) is 12.6. The summed E-state index contributed by atoms with van der Waals surface area (Å²) in [6, 6.07) is 9.38. The van der Waals surface area contributed by atoms with Crippen LogP contribution in [0.25, 0.3) is 11.3 Å². The van der Waals surface area contributed by atoms with E-state index < -0.39 is 5.82 Å². The zero-order chi connectivity index (χ0) is 27.2. The van der Waals surface area contributed by atoms with E-state index in [4.69, 9.17) is 21.1 Å². The van der Waals surface area contributed by atoms with Crippen LogP contribution in [0.1, 0.15) is 12.8 Å². The summed E-state index contributed by atoms with van der Waals surface area (Å²) in [5, 5.41) is 14.9. The SMILES string of the molecule is CN1CCN(CCC(=O)Nc2cc(Nc3cc(-c4cc(Cl)ccc4F)nnc3O[C@@H]3CCOC3)ccn2)CC1. The van der Waals surface area contributed by atoms with Gasteiger partial charge in [0.15, 0.2) is 0 Å². The summed E-state index contributed by atoms with van der Waals surface area (Å²) in [5.41, 5.74) is 1.62. The van der Waals surface area contributed by atoms with Gasteiger partial charge in [-0.15, -0.1) is 10.2 Å². The molecule has 0 spiro atoms. The van der Waals surface area contributed by atoms with Gasteiger partial charge in [0.05, 0.1) is 18.9 Å². The van der Waals surface area contributed by atoms with Gasteiger partial charge in [-0.05, 0) is 37.4 Å². The van der Waals surface area contributed by atoms with Crippen molar-refractivity contribution in [3.8, 4) is 17.1 Å². The van der Waals surface area contributed by atoms with Crippen molar-refractivity contribution in [1.29, 1.82) is 0 Å². The predicted octanol–water partition coefficient (Wildman–Crippen LogP) is 3.82. The molecule has 4 heterocycles. The van der Waals surface area contributed by atoms with Crippen molar-refractivity contribution in [3.63, 3.8) is 0 Å². The van der Waals surface area contributed by atoms with Crippen molar-refractivity contribution in [1.82, 2.24) is 25.0 Å². The minimum atomic E-state index is -0.469. The zero-order valence-corrected chi connectivity index (χ0v) is 22.5. The van der Waals surface area contributed by atoms with Crippen LogP contribution < -0.4 is 15.4 Å². The van der Waals surface area contributed by atoms with Crippen LogP contribution >= 0.6 is 11.6 Å². The summed E-state index contributed by atoms with van der Waals surface area (Å²) in [6.07, 6.45) is 2.54. The standard InChI is InChI=1S/C27H31ClFN7O3/c1-35-9-11-36(12-10-35)8-5-26(37)32-25-15-19(4-7-30-25)31-24-16-23(21-14-18(28)2-3-22(21)29)33-34-27(24)39-20-6-13-38-17-20/h2-4,7,14-16,20H,5-6,8-13,17H2,1H3,(H2,30,31,32,33,37)/t20-/m1/s1. The Morgan fingerprint density at radius 1 is 1.18 bits per heavy atom. The molecule has 1 atom stereocenters. The van der Waals surface area contributed by atoms with Gasteiger partial charge >= 0.3 is 0 Å². The van der Waals surface area contributed by atoms with Crippen LogP contribution in [0, 0.1) is 5.82 Å². The van der Waals surface area contributed by atoms with Crippen molar-refractivity contribution in [2.45, 2.75) is 18.9 Å². The smallest absolute Gasteiger partial charge is 0.257 e. The number of benzene rings is 1. The lowest BCUT2D eigenvalue weighted by atomic mass is 10.1. The third kappa shape index (κ3) is 7.39. The van der Waals surface area contributed by atoms with Crippen LogP contribution in [0.2, 0.25) is 5.02 Å². The number of carbonyl (C=O) groups excluding carboxylic acids is 1. The van der Waals surface area contributed by atoms with E-state index in [0.29, 0.717) is 54.1 Å². The van der Waals surface area contributed by atoms with Crippen molar-refractivity contribution < 1.29 is 18.7 Å². The summed E-state index contributed by atoms with van der Waals surface area (Å²) in [7, 11) is 2.10. The molecule has 5 rings (SSSR count). The molecule has 10 nitrogen and oxygen atoms in total. The van der Waals surface area contributed by atoms with Crippen LogP contribution in [-0.2, 0) is 9.53 Å². The number of rotatable bonds is 9. The van der Waals surface area contributed by atoms with Crippen molar-refractivity contribution >= 4 is 34.7 Å². The monoisotopic (exact) mass is 555 g/mol. The van der Waals surface area contributed by atoms with Gasteiger partial charge in [-0.25, -0.2) is 9.37 Å². The number of piperazine rings is 1. The van der Waals surface area contributed by atoms with E-state index in [1.165, 1.54) is 18.2 Å². The molecule has 2 aliphatic rings. The fourth-order valence-corrected chi connectivity index (χ4v) is 4.59. The summed E-state index contributed by atoms with van der Waals surface area (Å²) in [4.78, 5) is 21.4. The second-order valence-corrected chi connectivity index (χ2v) is 10.1. The third-order valence-electron chi connectivity index (χ3n) is 6.69. The van der Waals surface area contributed by atoms with Gasteiger partial charge in [0.2, 0.25) is 5.91 Å². The van der Waals surface area contributed by atoms with Crippen molar-refractivity contribution in [2.24, 2.45) is 0 Å². The van der Waals surface area contributed by atoms with Crippen LogP contribution in [0.3, 0.4) is 0 Å². The first-order valence-corrected chi connectivity index (χ1v) is 13.3. The Labute approximate surface area is 231 Å². The Bertz CT molecular complexity index is 1300. The molecule has 3 aromatic rings. The van der Waals surface area contributed by atoms with Crippen LogP contribution in [0.4, 0.5) is 21.6 Å². The number of nitrogens with zero attached hydrogens (tertiary/aromatic N) is 5. The largest absolute Gasteiger partial charge is 0.469 e. The maximum atomic E-state index is 14.6. The zero-order valence-electron chi connectivity index (χ0n) is 21.7. The highest BCUT2D eigenvalue weighted by molar-refractivity contribution is 6.30. The van der Waals surface area contributed by atoms with Crippen LogP contribution in [0.15, 0.2) is 42.6 Å². The molecule has 0 saturated carbocycles. The van der Waals surface area contributed by atoms with Gasteiger partial charge in [0.1, 0.15) is 23.4 Å². The van der Waals surface area contributed by atoms with Crippen LogP contribution in [-0.4, -0.2) is 90.0 Å². The first-order chi connectivity index (χ1) is 18.9. The number of nitrogens with one attached hydrogen (secondary N) is 2. The summed E-state index contributed by atoms with van der Waals surface area (Å²) in [5.74, 6) is 0.0977. The van der Waals surface area contributed by atoms with Gasteiger partial charge in [-0.3, -0.25) is 4.79 Å². The lowest BCUT2D eigenvalue weighted by molar-refractivity contribution is -0.116. The molecule has 2 saturated heterocycles. The number of aromatic nitrogens is 3. The lowest BCUT2D eigenvalue weighted by Crippen LogP contribution is -2.45. The molecular weight excluding hydrogens is 525 g/mol. The quantitative estimate of drug-likeness (QED) is 0.408. The average Bonchev–Trinajstić information content (AvgIpc) is 3.44. The Balaban J connectivity index is 1.31. The van der Waals surface area contributed by atoms with Gasteiger partial charge in [-0.2, -0.15) is 0 Å². The molecule has 0 radical (unpaired) electrons. The topological polar surface area (TPSA) is 105 Å². The van der Waals surface area contributed by atoms with Gasteiger partial charge < -0.3 is 29.9 Å². The highest BCUT2D eigenvalue weighted by atomic mass is 35.5. The minimum absolute atomic E-state index is 0.104. The molecule has 2 aromatic heterocycles. The van der Waals surface area contributed by atoms with E-state index in [2.05, 4.69) is 42.7 Å². The first kappa shape index (κ1) is 27.2. The van der Waals surface area contributed by atoms with Gasteiger partial charge in [0, 0.05) is 74.1 Å². The lowest BCUT2D eigenvalue weighted by Gasteiger charge is -2.32. The number of amides is 1. The maximum absolute atomic E-state index is 14.6. The molecule has 2 fully saturated rings. The van der Waals surface area contributed by atoms with E-state index in [-0.39, 0.29) is 23.5 Å². The number of anilines is 3. The maximum Gasteiger partial charge on any atom is 0.257 e. The Hall–Kier alpha value is -3.38. The number of hydrogen-bond acceptors (Lipinski definition) is 9. The number of halogens is 2. The molecule has 2 aliphatic heterocycles. The fraction of sp³-hybridized carbons (Fsp3) is 0.407. The molecule has 0 unspecified atom stereocenters. The normalized spacial score (nSPS) is 18.2. The van der Waals surface area contributed by atoms with E-state index >= 15 is 0 Å². The van der Waals surface area contributed by atoms with Crippen LogP contribution in [0.5, 0.6) is 5.88 Å². The molecule has 1 aromatic carbocycles. The van der Waals surface area contributed by atoms with E-state index in [0.717, 1.165) is 32.6 Å². The molecule has 12 heteroatoms. The number of ether oxygens (including phenoxy) is 2. The highest BCUT2D eigenvalue weighted by Gasteiger charge is 2.22. The van der Waals surface area contributed by atoms with Gasteiger partial charge in [-0.1, -0.05) is 11.6 Å². The van der Waals surface area contributed by atoms with E-state index in [9.17, 15) is 9.18 Å². The molecule has 0 bridgehead atoms. The van der Waals surface area contributed by atoms with Crippen molar-refractivity contribution in [2.75, 3.05) is 63.6 Å². The summed E-state index contributed by atoms with van der Waals surface area (Å²) < 4.78 is 26.0. The summed E-state index contributed by atoms with van der Waals surface area (Å²) >= 11 is 6.10. The van der Waals surface area contributed by atoms with Crippen molar-refractivity contribution in [3.05, 3.63) is 53.4 Å². The molecule has 206 valence electrons. The Morgan fingerprint density at radius 2 is 2.03 bits per heavy atom. The number of carbonyl (C=O) groups is 1. The third-order valence-corrected chi connectivity index (χ3v) is 6.92. The molecule has 2 N–H and O–H groups in total. The summed E-state index contributed by atoms with van der Waals surface area (Å²) in [6.45, 7) is 5.69. The highest BCUT2D eigenvalue weighted by Crippen LogP contribution is 2.33. The second-order valence-electron chi connectivity index (χ2n) is 9.67. The Kier molecular flexibility index (Phi) is 8.82. The number of hydrogen-bond donors (Lipinski definition) is 2. The van der Waals surface area contributed by atoms with E-state index in [1.54, 1.807) is 24.4 Å². The average molecular weight is 556 g/mol. The van der Waals surface area contributed by atoms with Gasteiger partial charge in [0.25, 0.3) is 5.88 Å². The molecular formula is C27H31ClFN7O3. The van der Waals surface area contributed by atoms with E-state index in [1.807, 2.05) is 0 Å². The molecule has 0 aliphatic carbocycles. The number of pyridine rings is 1.